The van der Waals surface area contributed by atoms with Crippen LogP contribution in [0.15, 0.2) is 0 Å². The lowest BCUT2D eigenvalue weighted by molar-refractivity contribution is -0.146. The summed E-state index contributed by atoms with van der Waals surface area (Å²) in [5.74, 6) is -0.844. The van der Waals surface area contributed by atoms with Gasteiger partial charge in [0.1, 0.15) is 24.6 Å². The molecule has 0 aromatic carbocycles. The predicted molar refractivity (Wildman–Crippen MR) is 41.8 cm³/mol. The molecule has 5 heteroatoms. The first-order valence-corrected chi connectivity index (χ1v) is 4.20. The third-order valence-corrected chi connectivity index (χ3v) is 2.44. The molecule has 2 heterocycles. The normalized spacial score (nSPS) is 38.2. The average Bonchev–Trinajstić information content (AvgIpc) is 2.50. The number of nitrogens with one attached hydrogen (secondary N) is 1. The molecule has 5 nitrogen and oxygen atoms in total. The number of Topliss-reactive ketones (excluding diaryl/α,β-unsaturated/α-hetero) is 1. The maximum Gasteiger partial charge on any atom is 0.233 e. The maximum atomic E-state index is 11.0. The Morgan fingerprint density at radius 3 is 2.85 bits per heavy atom. The quantitative estimate of drug-likeness (QED) is 0.445. The zero-order chi connectivity index (χ0) is 9.42. The molecule has 0 aliphatic carbocycles. The summed E-state index contributed by atoms with van der Waals surface area (Å²) in [6.45, 7) is 2.13. The van der Waals surface area contributed by atoms with Crippen LogP contribution in [0.3, 0.4) is 0 Å². The molecule has 3 atom stereocenters. The molecule has 13 heavy (non-hydrogen) atoms. The van der Waals surface area contributed by atoms with Gasteiger partial charge in [-0.25, -0.2) is 0 Å². The van der Waals surface area contributed by atoms with Gasteiger partial charge in [-0.1, -0.05) is 0 Å². The first kappa shape index (κ1) is 8.65. The van der Waals surface area contributed by atoms with E-state index in [2.05, 4.69) is 5.32 Å². The van der Waals surface area contributed by atoms with Crippen LogP contribution in [0.1, 0.15) is 6.92 Å². The van der Waals surface area contributed by atoms with Crippen LogP contribution < -0.4 is 5.32 Å². The van der Waals surface area contributed by atoms with Crippen molar-refractivity contribution in [1.29, 1.82) is 0 Å². The molecule has 0 bridgehead atoms. The Morgan fingerprint density at radius 1 is 1.62 bits per heavy atom. The minimum Gasteiger partial charge on any atom is -0.353 e. The number of carbonyl (C=O) groups excluding carboxylic acids is 2. The zero-order valence-electron chi connectivity index (χ0n) is 7.28. The summed E-state index contributed by atoms with van der Waals surface area (Å²) in [5, 5.41) is 2.65. The molecule has 0 spiro atoms. The third-order valence-electron chi connectivity index (χ3n) is 2.44. The number of β-lactam (4-membered cyclic amide) rings is 1. The maximum absolute atomic E-state index is 11.0. The summed E-state index contributed by atoms with van der Waals surface area (Å²) in [7, 11) is 0. The van der Waals surface area contributed by atoms with Gasteiger partial charge in [0.15, 0.2) is 0 Å². The van der Waals surface area contributed by atoms with Crippen molar-refractivity contribution in [1.82, 2.24) is 5.32 Å². The first-order chi connectivity index (χ1) is 6.20. The lowest BCUT2D eigenvalue weighted by atomic mass is 9.84. The fraction of sp³-hybridized carbons (Fsp3) is 0.750. The Hall–Kier alpha value is -0.940. The van der Waals surface area contributed by atoms with E-state index < -0.39 is 5.92 Å². The van der Waals surface area contributed by atoms with E-state index in [1.54, 1.807) is 0 Å². The predicted octanol–water partition coefficient (Wildman–Crippen LogP) is -0.937. The highest BCUT2D eigenvalue weighted by atomic mass is 16.7. The lowest BCUT2D eigenvalue weighted by Gasteiger charge is -2.37. The Labute approximate surface area is 75.4 Å². The van der Waals surface area contributed by atoms with E-state index in [1.165, 1.54) is 6.92 Å². The van der Waals surface area contributed by atoms with Crippen molar-refractivity contribution in [2.75, 3.05) is 13.4 Å². The number of hydrogen-bond acceptors (Lipinski definition) is 4. The number of rotatable bonds is 2. The molecule has 2 aliphatic heterocycles. The standard InChI is InChI=1S/C8H11NO4/c1-4(10)6-7(9-8(6)11)5-2-12-3-13-5/h5-7H,2-3H2,1H3,(H,9,11)/t5-,6-,7-/m1/s1. The Balaban J connectivity index is 2.01. The average molecular weight is 185 g/mol. The number of hydrogen-bond donors (Lipinski definition) is 1. The van der Waals surface area contributed by atoms with Gasteiger partial charge in [-0.3, -0.25) is 9.59 Å². The SMILES string of the molecule is CC(=O)[C@H]1C(=O)N[C@@H]1[C@H]1COCO1. The van der Waals surface area contributed by atoms with Gasteiger partial charge in [-0.15, -0.1) is 0 Å². The van der Waals surface area contributed by atoms with Crippen LogP contribution in [0.5, 0.6) is 0 Å². The minimum absolute atomic E-state index is 0.107. The van der Waals surface area contributed by atoms with Crippen LogP contribution in [0.25, 0.3) is 0 Å². The van der Waals surface area contributed by atoms with E-state index >= 15 is 0 Å². The summed E-state index contributed by atoms with van der Waals surface area (Å²) in [5.41, 5.74) is 0. The highest BCUT2D eigenvalue weighted by Crippen LogP contribution is 2.23. The molecular formula is C8H11NO4. The Bertz CT molecular complexity index is 239. The van der Waals surface area contributed by atoms with Gasteiger partial charge in [0, 0.05) is 0 Å². The first-order valence-electron chi connectivity index (χ1n) is 4.20. The summed E-state index contributed by atoms with van der Waals surface area (Å²) in [6.07, 6.45) is -0.161. The monoisotopic (exact) mass is 185 g/mol. The summed E-state index contributed by atoms with van der Waals surface area (Å²) in [4.78, 5) is 22.1. The Morgan fingerprint density at radius 2 is 2.38 bits per heavy atom. The number of carbonyl (C=O) groups is 2. The van der Waals surface area contributed by atoms with Crippen molar-refractivity contribution in [2.45, 2.75) is 19.1 Å². The third kappa shape index (κ3) is 1.34. The van der Waals surface area contributed by atoms with Crippen molar-refractivity contribution < 1.29 is 19.1 Å². The lowest BCUT2D eigenvalue weighted by Crippen LogP contribution is -2.65. The highest BCUT2D eigenvalue weighted by Gasteiger charge is 2.48. The van der Waals surface area contributed by atoms with Gasteiger partial charge in [-0.2, -0.15) is 0 Å². The van der Waals surface area contributed by atoms with Crippen molar-refractivity contribution in [2.24, 2.45) is 5.92 Å². The van der Waals surface area contributed by atoms with Crippen LogP contribution >= 0.6 is 0 Å². The van der Waals surface area contributed by atoms with E-state index in [0.717, 1.165) is 0 Å². The number of ether oxygens (including phenoxy) is 2. The molecule has 0 unspecified atom stereocenters. The minimum atomic E-state index is -0.535. The van der Waals surface area contributed by atoms with Crippen LogP contribution in [0.4, 0.5) is 0 Å². The molecule has 0 aromatic rings. The van der Waals surface area contributed by atoms with Gasteiger partial charge in [0.05, 0.1) is 12.6 Å². The van der Waals surface area contributed by atoms with Crippen LogP contribution in [-0.2, 0) is 19.1 Å². The van der Waals surface area contributed by atoms with E-state index in [-0.39, 0.29) is 30.6 Å². The number of amides is 1. The van der Waals surface area contributed by atoms with Crippen molar-refractivity contribution in [3.63, 3.8) is 0 Å². The molecule has 72 valence electrons. The van der Waals surface area contributed by atoms with Gasteiger partial charge >= 0.3 is 0 Å². The summed E-state index contributed by atoms with van der Waals surface area (Å²) < 4.78 is 10.2. The Kier molecular flexibility index (Phi) is 2.05. The van der Waals surface area contributed by atoms with Crippen LogP contribution in [0, 0.1) is 5.92 Å². The zero-order valence-corrected chi connectivity index (χ0v) is 7.28. The second kappa shape index (κ2) is 3.08. The molecule has 0 aromatic heterocycles. The van der Waals surface area contributed by atoms with E-state index in [1.807, 2.05) is 0 Å². The summed E-state index contributed by atoms with van der Waals surface area (Å²) >= 11 is 0. The van der Waals surface area contributed by atoms with Gasteiger partial charge in [0.2, 0.25) is 5.91 Å². The molecule has 1 amide bonds. The van der Waals surface area contributed by atoms with Gasteiger partial charge in [-0.05, 0) is 6.92 Å². The highest BCUT2D eigenvalue weighted by molar-refractivity contribution is 6.05. The largest absolute Gasteiger partial charge is 0.353 e. The van der Waals surface area contributed by atoms with E-state index in [4.69, 9.17) is 9.47 Å². The van der Waals surface area contributed by atoms with Gasteiger partial charge < -0.3 is 14.8 Å². The van der Waals surface area contributed by atoms with Crippen LogP contribution in [0.2, 0.25) is 0 Å². The smallest absolute Gasteiger partial charge is 0.233 e. The fourth-order valence-corrected chi connectivity index (χ4v) is 1.70. The molecule has 0 saturated carbocycles. The van der Waals surface area contributed by atoms with Gasteiger partial charge in [0.25, 0.3) is 0 Å². The molecule has 2 saturated heterocycles. The molecule has 2 rings (SSSR count). The topological polar surface area (TPSA) is 64.6 Å². The van der Waals surface area contributed by atoms with Crippen LogP contribution in [-0.4, -0.2) is 37.2 Å². The summed E-state index contributed by atoms with van der Waals surface area (Å²) in [6, 6.07) is -0.188. The fourth-order valence-electron chi connectivity index (χ4n) is 1.70. The molecule has 2 fully saturated rings. The second-order valence-electron chi connectivity index (χ2n) is 3.32. The second-order valence-corrected chi connectivity index (χ2v) is 3.32. The van der Waals surface area contributed by atoms with E-state index in [9.17, 15) is 9.59 Å². The van der Waals surface area contributed by atoms with E-state index in [0.29, 0.717) is 6.61 Å². The number of ketones is 1. The van der Waals surface area contributed by atoms with Crippen molar-refractivity contribution >= 4 is 11.7 Å². The molecule has 1 N–H and O–H groups in total. The molecular weight excluding hydrogens is 174 g/mol. The molecule has 0 radical (unpaired) electrons. The van der Waals surface area contributed by atoms with Crippen molar-refractivity contribution in [3.8, 4) is 0 Å². The van der Waals surface area contributed by atoms with Crippen molar-refractivity contribution in [3.05, 3.63) is 0 Å². The molecule has 2 aliphatic rings.